The second-order valence-electron chi connectivity index (χ2n) is 3.63. The maximum absolute atomic E-state index is 10.5. The zero-order valence-electron chi connectivity index (χ0n) is 8.84. The molecule has 0 spiro atoms. The Kier molecular flexibility index (Phi) is 2.52. The maximum Gasteiger partial charge on any atom is 0.305 e. The first-order valence-corrected chi connectivity index (χ1v) is 4.95. The molecule has 0 unspecified atom stereocenters. The maximum atomic E-state index is 10.5. The lowest BCUT2D eigenvalue weighted by molar-refractivity contribution is -0.137. The van der Waals surface area contributed by atoms with Crippen molar-refractivity contribution in [3.63, 3.8) is 0 Å². The van der Waals surface area contributed by atoms with E-state index in [4.69, 9.17) is 5.11 Å². The fourth-order valence-electron chi connectivity index (χ4n) is 1.72. The number of imidazole rings is 1. The molecule has 0 amide bonds. The summed E-state index contributed by atoms with van der Waals surface area (Å²) in [5, 5.41) is 18.0. The van der Waals surface area contributed by atoms with Crippen molar-refractivity contribution in [3.8, 4) is 5.75 Å². The number of carboxylic acid groups (broad SMARTS) is 1. The topological polar surface area (TPSA) is 75.4 Å². The summed E-state index contributed by atoms with van der Waals surface area (Å²) in [5.74, 6) is 0.0622. The van der Waals surface area contributed by atoms with Crippen LogP contribution in [0, 0.1) is 6.92 Å². The van der Waals surface area contributed by atoms with E-state index in [1.807, 2.05) is 6.92 Å². The number of aromatic nitrogens is 2. The van der Waals surface area contributed by atoms with Gasteiger partial charge in [0.25, 0.3) is 0 Å². The number of aromatic hydroxyl groups is 1. The summed E-state index contributed by atoms with van der Waals surface area (Å²) in [6, 6.07) is 4.88. The quantitative estimate of drug-likeness (QED) is 0.822. The van der Waals surface area contributed by atoms with Crippen molar-refractivity contribution in [2.45, 2.75) is 19.9 Å². The number of aliphatic carboxylic acids is 1. The van der Waals surface area contributed by atoms with Crippen LogP contribution in [-0.4, -0.2) is 25.7 Å². The third kappa shape index (κ3) is 1.84. The molecule has 0 aliphatic rings. The van der Waals surface area contributed by atoms with E-state index < -0.39 is 5.97 Å². The minimum Gasteiger partial charge on any atom is -0.508 e. The van der Waals surface area contributed by atoms with Crippen molar-refractivity contribution >= 4 is 17.0 Å². The molecule has 1 aromatic carbocycles. The molecule has 0 radical (unpaired) electrons. The smallest absolute Gasteiger partial charge is 0.305 e. The van der Waals surface area contributed by atoms with Gasteiger partial charge >= 0.3 is 5.97 Å². The highest BCUT2D eigenvalue weighted by atomic mass is 16.4. The Morgan fingerprint density at radius 2 is 2.25 bits per heavy atom. The summed E-state index contributed by atoms with van der Waals surface area (Å²) in [6.45, 7) is 2.18. The van der Waals surface area contributed by atoms with E-state index in [1.54, 1.807) is 22.8 Å². The molecule has 0 atom stereocenters. The minimum absolute atomic E-state index is 0.0436. The van der Waals surface area contributed by atoms with Gasteiger partial charge in [-0.15, -0.1) is 0 Å². The molecule has 84 valence electrons. The van der Waals surface area contributed by atoms with Gasteiger partial charge in [-0.2, -0.15) is 0 Å². The van der Waals surface area contributed by atoms with E-state index in [0.717, 1.165) is 16.9 Å². The number of fused-ring (bicyclic) bond motifs is 1. The first-order chi connectivity index (χ1) is 7.58. The van der Waals surface area contributed by atoms with E-state index in [1.165, 1.54) is 0 Å². The van der Waals surface area contributed by atoms with Crippen LogP contribution in [0.1, 0.15) is 12.2 Å². The van der Waals surface area contributed by atoms with Crippen LogP contribution in [0.3, 0.4) is 0 Å². The summed E-state index contributed by atoms with van der Waals surface area (Å²) in [5.41, 5.74) is 1.53. The molecule has 2 N–H and O–H groups in total. The summed E-state index contributed by atoms with van der Waals surface area (Å²) >= 11 is 0. The molecule has 1 aromatic heterocycles. The van der Waals surface area contributed by atoms with Crippen molar-refractivity contribution in [2.75, 3.05) is 0 Å². The Labute approximate surface area is 92.0 Å². The summed E-state index contributed by atoms with van der Waals surface area (Å²) in [7, 11) is 0. The van der Waals surface area contributed by atoms with Crippen LogP contribution in [0.4, 0.5) is 0 Å². The summed E-state index contributed by atoms with van der Waals surface area (Å²) in [6.07, 6.45) is 0.0436. The van der Waals surface area contributed by atoms with E-state index in [2.05, 4.69) is 4.98 Å². The Bertz CT molecular complexity index is 545. The van der Waals surface area contributed by atoms with Crippen LogP contribution in [0.2, 0.25) is 0 Å². The number of carboxylic acids is 1. The molecule has 5 nitrogen and oxygen atoms in total. The third-order valence-corrected chi connectivity index (χ3v) is 2.47. The standard InChI is InChI=1S/C11H12N2O3/c1-7-12-9-3-2-8(14)6-10(9)13(7)5-4-11(15)16/h2-3,6,14H,4-5H2,1H3,(H,15,16). The lowest BCUT2D eigenvalue weighted by Crippen LogP contribution is -2.05. The SMILES string of the molecule is Cc1nc2ccc(O)cc2n1CCC(=O)O. The van der Waals surface area contributed by atoms with Crippen LogP contribution >= 0.6 is 0 Å². The van der Waals surface area contributed by atoms with Gasteiger partial charge in [0.05, 0.1) is 17.5 Å². The Hall–Kier alpha value is -2.04. The molecule has 0 fully saturated rings. The van der Waals surface area contributed by atoms with E-state index >= 15 is 0 Å². The molecule has 0 aliphatic heterocycles. The van der Waals surface area contributed by atoms with Crippen molar-refractivity contribution in [3.05, 3.63) is 24.0 Å². The van der Waals surface area contributed by atoms with Gasteiger partial charge < -0.3 is 14.8 Å². The van der Waals surface area contributed by atoms with E-state index in [0.29, 0.717) is 6.54 Å². The number of nitrogens with zero attached hydrogens (tertiary/aromatic N) is 2. The molecule has 0 saturated heterocycles. The van der Waals surface area contributed by atoms with Gasteiger partial charge in [-0.3, -0.25) is 4.79 Å². The Morgan fingerprint density at radius 3 is 2.94 bits per heavy atom. The highest BCUT2D eigenvalue weighted by Crippen LogP contribution is 2.21. The zero-order chi connectivity index (χ0) is 11.7. The molecule has 2 aromatic rings. The molecule has 0 aliphatic carbocycles. The minimum atomic E-state index is -0.846. The summed E-state index contributed by atoms with van der Waals surface area (Å²) in [4.78, 5) is 14.8. The highest BCUT2D eigenvalue weighted by molar-refractivity contribution is 5.78. The fraction of sp³-hybridized carbons (Fsp3) is 0.273. The average molecular weight is 220 g/mol. The molecule has 16 heavy (non-hydrogen) atoms. The lowest BCUT2D eigenvalue weighted by atomic mass is 10.3. The van der Waals surface area contributed by atoms with Gasteiger partial charge in [0.15, 0.2) is 0 Å². The predicted octanol–water partition coefficient (Wildman–Crippen LogP) is 1.53. The Morgan fingerprint density at radius 1 is 1.50 bits per heavy atom. The van der Waals surface area contributed by atoms with Crippen molar-refractivity contribution in [2.24, 2.45) is 0 Å². The highest BCUT2D eigenvalue weighted by Gasteiger charge is 2.09. The van der Waals surface area contributed by atoms with Gasteiger partial charge in [0.1, 0.15) is 11.6 Å². The molecule has 0 bridgehead atoms. The Balaban J connectivity index is 2.45. The third-order valence-electron chi connectivity index (χ3n) is 2.47. The number of carbonyl (C=O) groups is 1. The van der Waals surface area contributed by atoms with Crippen LogP contribution in [0.5, 0.6) is 5.75 Å². The molecule has 2 rings (SSSR count). The number of hydrogen-bond donors (Lipinski definition) is 2. The van der Waals surface area contributed by atoms with Gasteiger partial charge in [0.2, 0.25) is 0 Å². The van der Waals surface area contributed by atoms with Gasteiger partial charge in [-0.1, -0.05) is 0 Å². The first kappa shape index (κ1) is 10.5. The van der Waals surface area contributed by atoms with E-state index in [9.17, 15) is 9.90 Å². The van der Waals surface area contributed by atoms with E-state index in [-0.39, 0.29) is 12.2 Å². The number of phenolic OH excluding ortho intramolecular Hbond substituents is 1. The molecule has 5 heteroatoms. The first-order valence-electron chi connectivity index (χ1n) is 4.95. The molecular formula is C11H12N2O3. The molecule has 0 saturated carbocycles. The monoisotopic (exact) mass is 220 g/mol. The van der Waals surface area contributed by atoms with Crippen LogP contribution in [0.25, 0.3) is 11.0 Å². The van der Waals surface area contributed by atoms with Crippen molar-refractivity contribution in [1.29, 1.82) is 0 Å². The second kappa shape index (κ2) is 3.84. The van der Waals surface area contributed by atoms with Crippen LogP contribution in [-0.2, 0) is 11.3 Å². The van der Waals surface area contributed by atoms with Gasteiger partial charge in [-0.25, -0.2) is 4.98 Å². The normalized spacial score (nSPS) is 10.8. The average Bonchev–Trinajstić information content (AvgIpc) is 2.51. The lowest BCUT2D eigenvalue weighted by Gasteiger charge is -2.04. The van der Waals surface area contributed by atoms with Crippen LogP contribution < -0.4 is 0 Å². The van der Waals surface area contributed by atoms with Gasteiger partial charge in [-0.05, 0) is 19.1 Å². The van der Waals surface area contributed by atoms with Crippen LogP contribution in [0.15, 0.2) is 18.2 Å². The van der Waals surface area contributed by atoms with Gasteiger partial charge in [0, 0.05) is 12.6 Å². The second-order valence-corrected chi connectivity index (χ2v) is 3.63. The number of rotatable bonds is 3. The number of hydrogen-bond acceptors (Lipinski definition) is 3. The fourth-order valence-corrected chi connectivity index (χ4v) is 1.72. The number of aryl methyl sites for hydroxylation is 2. The molecular weight excluding hydrogens is 208 g/mol. The largest absolute Gasteiger partial charge is 0.508 e. The number of benzene rings is 1. The zero-order valence-corrected chi connectivity index (χ0v) is 8.84. The van der Waals surface area contributed by atoms with Crippen molar-refractivity contribution < 1.29 is 15.0 Å². The number of phenols is 1. The predicted molar refractivity (Wildman–Crippen MR) is 58.4 cm³/mol. The van der Waals surface area contributed by atoms with Crippen molar-refractivity contribution in [1.82, 2.24) is 9.55 Å². The molecule has 1 heterocycles. The summed E-state index contributed by atoms with van der Waals surface area (Å²) < 4.78 is 1.79.